The van der Waals surface area contributed by atoms with Crippen molar-refractivity contribution in [3.63, 3.8) is 0 Å². The lowest BCUT2D eigenvalue weighted by molar-refractivity contribution is -0.138. The van der Waals surface area contributed by atoms with Crippen LogP contribution < -0.4 is 9.80 Å². The summed E-state index contributed by atoms with van der Waals surface area (Å²) in [7, 11) is 0. The van der Waals surface area contributed by atoms with E-state index < -0.39 is 11.7 Å². The Bertz CT molecular complexity index is 1140. The van der Waals surface area contributed by atoms with E-state index in [1.54, 1.807) is 11.0 Å². The third kappa shape index (κ3) is 3.96. The number of rotatable bonds is 3. The number of benzene rings is 1. The molecular formula is C21H19F4N5OS. The van der Waals surface area contributed by atoms with Crippen LogP contribution in [-0.4, -0.2) is 60.0 Å². The molecule has 0 saturated carbocycles. The van der Waals surface area contributed by atoms with Crippen LogP contribution in [0.25, 0.3) is 10.2 Å². The standard InChI is InChI=1S/C21H19F4N5OS/c22-15-2-3-16-17(9-15)32-20(27-16)30-11-13(12-30)19(31)29-7-5-28(6-8-29)18-4-1-14(10-26-18)21(23,24)25/h1-4,9-10,13H,5-8,11-12H2. The summed E-state index contributed by atoms with van der Waals surface area (Å²) in [4.78, 5) is 27.0. The number of pyridine rings is 1. The first kappa shape index (κ1) is 20.9. The van der Waals surface area contributed by atoms with Crippen LogP contribution in [0.3, 0.4) is 0 Å². The van der Waals surface area contributed by atoms with Crippen LogP contribution in [0.15, 0.2) is 36.5 Å². The highest BCUT2D eigenvalue weighted by atomic mass is 32.1. The molecule has 1 amide bonds. The molecule has 1 aromatic carbocycles. The molecule has 2 fully saturated rings. The highest BCUT2D eigenvalue weighted by molar-refractivity contribution is 7.22. The van der Waals surface area contributed by atoms with Crippen LogP contribution in [0.2, 0.25) is 0 Å². The molecule has 6 nitrogen and oxygen atoms in total. The fourth-order valence-electron chi connectivity index (χ4n) is 3.97. The molecule has 11 heteroatoms. The van der Waals surface area contributed by atoms with Crippen molar-refractivity contribution in [2.75, 3.05) is 49.1 Å². The van der Waals surface area contributed by atoms with E-state index in [-0.39, 0.29) is 17.6 Å². The van der Waals surface area contributed by atoms with Gasteiger partial charge in [0.15, 0.2) is 5.13 Å². The Kier molecular flexibility index (Phi) is 5.15. The monoisotopic (exact) mass is 465 g/mol. The van der Waals surface area contributed by atoms with Gasteiger partial charge in [-0.05, 0) is 30.3 Å². The molecule has 0 unspecified atom stereocenters. The smallest absolute Gasteiger partial charge is 0.353 e. The third-order valence-electron chi connectivity index (χ3n) is 5.83. The van der Waals surface area contributed by atoms with Gasteiger partial charge in [-0.3, -0.25) is 4.79 Å². The van der Waals surface area contributed by atoms with Crippen LogP contribution in [0.4, 0.5) is 28.5 Å². The Morgan fingerprint density at radius 1 is 1.03 bits per heavy atom. The van der Waals surface area contributed by atoms with Gasteiger partial charge in [-0.15, -0.1) is 0 Å². The maximum Gasteiger partial charge on any atom is 0.417 e. The van der Waals surface area contributed by atoms with Gasteiger partial charge in [0, 0.05) is 45.5 Å². The molecule has 0 N–H and O–H groups in total. The second-order valence-corrected chi connectivity index (χ2v) is 8.93. The summed E-state index contributed by atoms with van der Waals surface area (Å²) in [5.41, 5.74) is -0.0305. The minimum absolute atomic E-state index is 0.0773. The minimum Gasteiger partial charge on any atom is -0.353 e. The normalized spacial score (nSPS) is 17.7. The largest absolute Gasteiger partial charge is 0.417 e. The predicted molar refractivity (Wildman–Crippen MR) is 113 cm³/mol. The van der Waals surface area contributed by atoms with Gasteiger partial charge in [0.1, 0.15) is 11.6 Å². The molecule has 2 aliphatic heterocycles. The molecule has 0 spiro atoms. The summed E-state index contributed by atoms with van der Waals surface area (Å²) in [6.07, 6.45) is -3.57. The number of aromatic nitrogens is 2. The van der Waals surface area contributed by atoms with E-state index in [4.69, 9.17) is 0 Å². The zero-order valence-corrected chi connectivity index (χ0v) is 17.7. The summed E-state index contributed by atoms with van der Waals surface area (Å²) in [5.74, 6) is 0.144. The zero-order valence-electron chi connectivity index (χ0n) is 16.8. The van der Waals surface area contributed by atoms with Crippen molar-refractivity contribution in [2.45, 2.75) is 6.18 Å². The van der Waals surface area contributed by atoms with E-state index in [1.807, 2.05) is 9.80 Å². The van der Waals surface area contributed by atoms with Gasteiger partial charge in [-0.2, -0.15) is 13.2 Å². The summed E-state index contributed by atoms with van der Waals surface area (Å²) in [6.45, 7) is 3.18. The predicted octanol–water partition coefficient (Wildman–Crippen LogP) is 3.63. The first-order chi connectivity index (χ1) is 15.3. The summed E-state index contributed by atoms with van der Waals surface area (Å²) in [5, 5.41) is 0.785. The van der Waals surface area contributed by atoms with Crippen LogP contribution in [0, 0.1) is 11.7 Å². The van der Waals surface area contributed by atoms with Crippen molar-refractivity contribution in [3.8, 4) is 0 Å². The molecule has 0 bridgehead atoms. The molecule has 0 radical (unpaired) electrons. The van der Waals surface area contributed by atoms with Gasteiger partial charge in [-0.1, -0.05) is 11.3 Å². The van der Waals surface area contributed by atoms with Gasteiger partial charge in [-0.25, -0.2) is 14.4 Å². The molecule has 0 aliphatic carbocycles. The van der Waals surface area contributed by atoms with Gasteiger partial charge >= 0.3 is 6.18 Å². The topological polar surface area (TPSA) is 52.6 Å². The average molecular weight is 465 g/mol. The maximum absolute atomic E-state index is 13.4. The number of amides is 1. The number of carbonyl (C=O) groups is 1. The molecular weight excluding hydrogens is 446 g/mol. The fourth-order valence-corrected chi connectivity index (χ4v) is 4.98. The van der Waals surface area contributed by atoms with Crippen molar-refractivity contribution in [1.82, 2.24) is 14.9 Å². The van der Waals surface area contributed by atoms with Crippen molar-refractivity contribution in [3.05, 3.63) is 47.9 Å². The number of piperazine rings is 1. The third-order valence-corrected chi connectivity index (χ3v) is 6.91. The number of anilines is 2. The van der Waals surface area contributed by atoms with Crippen LogP contribution in [-0.2, 0) is 11.0 Å². The van der Waals surface area contributed by atoms with Crippen LogP contribution in [0.5, 0.6) is 0 Å². The van der Waals surface area contributed by atoms with Crippen LogP contribution >= 0.6 is 11.3 Å². The van der Waals surface area contributed by atoms with E-state index in [9.17, 15) is 22.4 Å². The molecule has 0 atom stereocenters. The second kappa shape index (κ2) is 7.88. The average Bonchev–Trinajstić information content (AvgIpc) is 3.14. The Hall–Kier alpha value is -2.95. The van der Waals surface area contributed by atoms with Crippen LogP contribution in [0.1, 0.15) is 5.56 Å². The number of halogens is 4. The van der Waals surface area contributed by atoms with E-state index in [0.29, 0.717) is 45.1 Å². The lowest BCUT2D eigenvalue weighted by Crippen LogP contribution is -2.58. The maximum atomic E-state index is 13.4. The zero-order chi connectivity index (χ0) is 22.5. The highest BCUT2D eigenvalue weighted by Gasteiger charge is 2.38. The SMILES string of the molecule is O=C(C1CN(c2nc3ccc(F)cc3s2)C1)N1CCN(c2ccc(C(F)(F)F)cn2)CC1. The van der Waals surface area contributed by atoms with Crippen molar-refractivity contribution >= 4 is 38.4 Å². The molecule has 32 heavy (non-hydrogen) atoms. The molecule has 2 saturated heterocycles. The van der Waals surface area contributed by atoms with Gasteiger partial charge in [0.05, 0.1) is 21.7 Å². The fraction of sp³-hybridized carbons (Fsp3) is 0.381. The van der Waals surface area contributed by atoms with Gasteiger partial charge in [0.2, 0.25) is 5.91 Å². The van der Waals surface area contributed by atoms with E-state index in [2.05, 4.69) is 9.97 Å². The van der Waals surface area contributed by atoms with E-state index in [0.717, 1.165) is 27.6 Å². The quantitative estimate of drug-likeness (QED) is 0.553. The van der Waals surface area contributed by atoms with Gasteiger partial charge in [0.25, 0.3) is 0 Å². The Morgan fingerprint density at radius 3 is 2.44 bits per heavy atom. The molecule has 2 aliphatic rings. The first-order valence-electron chi connectivity index (χ1n) is 10.2. The molecule has 2 aromatic heterocycles. The number of carbonyl (C=O) groups excluding carboxylic acids is 1. The van der Waals surface area contributed by atoms with Crippen molar-refractivity contribution in [2.24, 2.45) is 5.92 Å². The number of fused-ring (bicyclic) bond motifs is 1. The Morgan fingerprint density at radius 2 is 1.78 bits per heavy atom. The lowest BCUT2D eigenvalue weighted by atomic mass is 9.99. The molecule has 168 valence electrons. The van der Waals surface area contributed by atoms with E-state index >= 15 is 0 Å². The molecule has 4 heterocycles. The summed E-state index contributed by atoms with van der Waals surface area (Å²) < 4.78 is 52.3. The number of nitrogens with zero attached hydrogens (tertiary/aromatic N) is 5. The van der Waals surface area contributed by atoms with Crippen molar-refractivity contribution in [1.29, 1.82) is 0 Å². The van der Waals surface area contributed by atoms with Crippen molar-refractivity contribution < 1.29 is 22.4 Å². The number of thiazole rings is 1. The minimum atomic E-state index is -4.41. The summed E-state index contributed by atoms with van der Waals surface area (Å²) >= 11 is 1.41. The molecule has 5 rings (SSSR count). The number of alkyl halides is 3. The second-order valence-electron chi connectivity index (χ2n) is 7.93. The summed E-state index contributed by atoms with van der Waals surface area (Å²) in [6, 6.07) is 6.89. The highest BCUT2D eigenvalue weighted by Crippen LogP contribution is 2.34. The number of hydrogen-bond acceptors (Lipinski definition) is 6. The van der Waals surface area contributed by atoms with E-state index in [1.165, 1.54) is 29.5 Å². The Labute approximate surface area is 185 Å². The number of hydrogen-bond donors (Lipinski definition) is 0. The molecule has 3 aromatic rings. The van der Waals surface area contributed by atoms with Gasteiger partial charge < -0.3 is 14.7 Å². The lowest BCUT2D eigenvalue weighted by Gasteiger charge is -2.42. The first-order valence-corrected chi connectivity index (χ1v) is 11.0. The Balaban J connectivity index is 1.14.